The summed E-state index contributed by atoms with van der Waals surface area (Å²) >= 11 is 0. The van der Waals surface area contributed by atoms with Crippen molar-refractivity contribution < 1.29 is 9.53 Å². The normalized spacial score (nSPS) is 42.9. The minimum atomic E-state index is -0.295. The summed E-state index contributed by atoms with van der Waals surface area (Å²) in [4.78, 5) is 11.8. The second-order valence-corrected chi connectivity index (χ2v) is 5.27. The number of ether oxygens (including phenoxy) is 1. The number of nitrogens with one attached hydrogen (secondary N) is 1. The molecule has 0 bridgehead atoms. The third-order valence-corrected chi connectivity index (χ3v) is 3.87. The van der Waals surface area contributed by atoms with E-state index in [-0.39, 0.29) is 11.4 Å². The summed E-state index contributed by atoms with van der Waals surface area (Å²) in [6, 6.07) is 0.507. The number of carbonyl (C=O) groups is 1. The first-order chi connectivity index (χ1) is 7.00. The lowest BCUT2D eigenvalue weighted by Gasteiger charge is -2.32. The van der Waals surface area contributed by atoms with E-state index in [1.165, 1.54) is 0 Å². The van der Waals surface area contributed by atoms with Crippen molar-refractivity contribution in [1.29, 1.82) is 0 Å². The van der Waals surface area contributed by atoms with Crippen LogP contribution in [0.4, 0.5) is 0 Å². The van der Waals surface area contributed by atoms with E-state index < -0.39 is 0 Å². The van der Waals surface area contributed by atoms with Crippen LogP contribution in [0.25, 0.3) is 0 Å². The first kappa shape index (κ1) is 10.7. The predicted octanol–water partition coefficient (Wildman–Crippen LogP) is 1.64. The molecule has 15 heavy (non-hydrogen) atoms. The van der Waals surface area contributed by atoms with E-state index in [4.69, 9.17) is 4.74 Å². The molecule has 1 aliphatic carbocycles. The zero-order valence-electron chi connectivity index (χ0n) is 9.51. The quantitative estimate of drug-likeness (QED) is 0.436. The van der Waals surface area contributed by atoms with E-state index in [2.05, 4.69) is 18.8 Å². The van der Waals surface area contributed by atoms with Crippen molar-refractivity contribution in [3.63, 3.8) is 0 Å². The van der Waals surface area contributed by atoms with Crippen LogP contribution in [-0.2, 0) is 9.53 Å². The minimum absolute atomic E-state index is 0.0712. The molecule has 0 spiro atoms. The van der Waals surface area contributed by atoms with Gasteiger partial charge in [0.25, 0.3) is 0 Å². The molecule has 0 aromatic rings. The van der Waals surface area contributed by atoms with Crippen LogP contribution in [0.1, 0.15) is 33.1 Å². The molecule has 1 aliphatic heterocycles. The number of fused-ring (bicyclic) bond motifs is 1. The highest BCUT2D eigenvalue weighted by atomic mass is 16.5. The van der Waals surface area contributed by atoms with E-state index in [0.29, 0.717) is 18.2 Å². The molecular weight excluding hydrogens is 190 g/mol. The Balaban J connectivity index is 1.96. The van der Waals surface area contributed by atoms with Crippen LogP contribution >= 0.6 is 0 Å². The summed E-state index contributed by atoms with van der Waals surface area (Å²) in [5, 5.41) is 3.45. The molecule has 0 aromatic carbocycles. The molecule has 3 nitrogen and oxygen atoms in total. The maximum Gasteiger partial charge on any atom is 0.312 e. The Bertz CT molecular complexity index is 302. The molecule has 0 radical (unpaired) electrons. The second kappa shape index (κ2) is 3.34. The maximum atomic E-state index is 11.8. The fraction of sp³-hybridized carbons (Fsp3) is 0.750. The Morgan fingerprint density at radius 2 is 2.33 bits per heavy atom. The van der Waals surface area contributed by atoms with Crippen molar-refractivity contribution in [2.75, 3.05) is 6.61 Å². The van der Waals surface area contributed by atoms with Crippen LogP contribution in [-0.4, -0.2) is 24.2 Å². The largest absolute Gasteiger partial charge is 0.461 e. The highest BCUT2D eigenvalue weighted by Gasteiger charge is 2.57. The Morgan fingerprint density at radius 3 is 2.93 bits per heavy atom. The number of hydrogen-bond donors (Lipinski definition) is 1. The first-order valence-electron chi connectivity index (χ1n) is 5.56. The molecule has 2 fully saturated rings. The van der Waals surface area contributed by atoms with Gasteiger partial charge in [-0.15, -0.1) is 0 Å². The van der Waals surface area contributed by atoms with Crippen LogP contribution in [0, 0.1) is 5.41 Å². The zero-order valence-corrected chi connectivity index (χ0v) is 9.51. The summed E-state index contributed by atoms with van der Waals surface area (Å²) in [6.07, 6.45) is 4.50. The smallest absolute Gasteiger partial charge is 0.312 e. The molecular formula is C12H19NO2. The van der Waals surface area contributed by atoms with Crippen LogP contribution in [0.2, 0.25) is 0 Å². The van der Waals surface area contributed by atoms with E-state index >= 15 is 0 Å². The summed E-state index contributed by atoms with van der Waals surface area (Å²) in [5.74, 6) is -0.0712. The van der Waals surface area contributed by atoms with Crippen molar-refractivity contribution in [3.05, 3.63) is 12.7 Å². The molecule has 84 valence electrons. The molecule has 1 saturated carbocycles. The Hall–Kier alpha value is -0.830. The van der Waals surface area contributed by atoms with Gasteiger partial charge in [0.1, 0.15) is 6.61 Å². The number of esters is 1. The van der Waals surface area contributed by atoms with Gasteiger partial charge in [-0.25, -0.2) is 0 Å². The molecule has 3 unspecified atom stereocenters. The van der Waals surface area contributed by atoms with Gasteiger partial charge in [-0.3, -0.25) is 4.79 Å². The van der Waals surface area contributed by atoms with Gasteiger partial charge in [-0.05, 0) is 33.1 Å². The molecule has 1 N–H and O–H groups in total. The van der Waals surface area contributed by atoms with Gasteiger partial charge >= 0.3 is 5.97 Å². The summed E-state index contributed by atoms with van der Waals surface area (Å²) in [6.45, 7) is 8.11. The molecule has 3 heteroatoms. The third-order valence-electron chi connectivity index (χ3n) is 3.87. The van der Waals surface area contributed by atoms with Crippen molar-refractivity contribution in [1.82, 2.24) is 5.32 Å². The second-order valence-electron chi connectivity index (χ2n) is 5.27. The Labute approximate surface area is 90.9 Å². The van der Waals surface area contributed by atoms with Crippen LogP contribution in [0.15, 0.2) is 12.7 Å². The molecule has 1 saturated heterocycles. The lowest BCUT2D eigenvalue weighted by molar-refractivity contribution is -0.155. The average molecular weight is 209 g/mol. The van der Waals surface area contributed by atoms with E-state index in [0.717, 1.165) is 19.3 Å². The van der Waals surface area contributed by atoms with E-state index in [1.807, 2.05) is 6.92 Å². The zero-order chi connectivity index (χ0) is 11.1. The van der Waals surface area contributed by atoms with E-state index in [9.17, 15) is 4.79 Å². The predicted molar refractivity (Wildman–Crippen MR) is 58.4 cm³/mol. The van der Waals surface area contributed by atoms with Gasteiger partial charge in [0.2, 0.25) is 0 Å². The molecule has 2 aliphatic rings. The lowest BCUT2D eigenvalue weighted by atomic mass is 9.72. The SMILES string of the molecule is C=CCOC(=O)C1(C)CCC2(C)NC2C1. The van der Waals surface area contributed by atoms with Crippen molar-refractivity contribution in [2.45, 2.75) is 44.7 Å². The molecule has 3 atom stereocenters. The summed E-state index contributed by atoms with van der Waals surface area (Å²) in [5.41, 5.74) is 0.00884. The van der Waals surface area contributed by atoms with E-state index in [1.54, 1.807) is 6.08 Å². The van der Waals surface area contributed by atoms with Crippen molar-refractivity contribution in [3.8, 4) is 0 Å². The average Bonchev–Trinajstić information content (AvgIpc) is 2.85. The number of rotatable bonds is 3. The highest BCUT2D eigenvalue weighted by Crippen LogP contribution is 2.48. The number of hydrogen-bond acceptors (Lipinski definition) is 3. The molecule has 0 aromatic heterocycles. The number of carbonyl (C=O) groups excluding carboxylic acids is 1. The van der Waals surface area contributed by atoms with Crippen LogP contribution < -0.4 is 5.32 Å². The van der Waals surface area contributed by atoms with Gasteiger partial charge < -0.3 is 10.1 Å². The van der Waals surface area contributed by atoms with Crippen molar-refractivity contribution in [2.24, 2.45) is 5.41 Å². The monoisotopic (exact) mass is 209 g/mol. The van der Waals surface area contributed by atoms with Gasteiger partial charge in [0.05, 0.1) is 5.41 Å². The lowest BCUT2D eigenvalue weighted by Crippen LogP contribution is -2.37. The van der Waals surface area contributed by atoms with Gasteiger partial charge in [-0.2, -0.15) is 0 Å². The third kappa shape index (κ3) is 1.81. The first-order valence-corrected chi connectivity index (χ1v) is 5.56. The van der Waals surface area contributed by atoms with Gasteiger partial charge in [-0.1, -0.05) is 12.7 Å². The van der Waals surface area contributed by atoms with Crippen LogP contribution in [0.3, 0.4) is 0 Å². The molecule has 1 heterocycles. The maximum absolute atomic E-state index is 11.8. The molecule has 0 amide bonds. The highest BCUT2D eigenvalue weighted by molar-refractivity contribution is 5.77. The van der Waals surface area contributed by atoms with Gasteiger partial charge in [0.15, 0.2) is 0 Å². The van der Waals surface area contributed by atoms with Gasteiger partial charge in [0, 0.05) is 11.6 Å². The molecule has 2 rings (SSSR count). The summed E-state index contributed by atoms with van der Waals surface area (Å²) < 4.78 is 5.15. The fourth-order valence-corrected chi connectivity index (χ4v) is 2.46. The fourth-order valence-electron chi connectivity index (χ4n) is 2.46. The Kier molecular flexibility index (Phi) is 2.38. The van der Waals surface area contributed by atoms with Crippen LogP contribution in [0.5, 0.6) is 0 Å². The summed E-state index contributed by atoms with van der Waals surface area (Å²) in [7, 11) is 0. The standard InChI is InChI=1S/C12H19NO2/c1-4-7-15-10(14)11(2)5-6-12(3)9(8-11)13-12/h4,9,13H,1,5-8H2,2-3H3. The Morgan fingerprint density at radius 1 is 1.60 bits per heavy atom. The van der Waals surface area contributed by atoms with Crippen molar-refractivity contribution >= 4 is 5.97 Å². The topological polar surface area (TPSA) is 48.2 Å². The minimum Gasteiger partial charge on any atom is -0.461 e.